The van der Waals surface area contributed by atoms with E-state index in [0.717, 1.165) is 29.7 Å². The molecule has 0 bridgehead atoms. The second-order valence-corrected chi connectivity index (χ2v) is 6.02. The first kappa shape index (κ1) is 16.5. The molecule has 1 aromatic carbocycles. The van der Waals surface area contributed by atoms with E-state index < -0.39 is 0 Å². The number of halogens is 1. The Morgan fingerprint density at radius 2 is 2.05 bits per heavy atom. The summed E-state index contributed by atoms with van der Waals surface area (Å²) in [5.41, 5.74) is 7.13. The first-order valence-electron chi connectivity index (χ1n) is 7.03. The van der Waals surface area contributed by atoms with Gasteiger partial charge >= 0.3 is 0 Å². The van der Waals surface area contributed by atoms with Crippen LogP contribution in [0, 0.1) is 0 Å². The summed E-state index contributed by atoms with van der Waals surface area (Å²) >= 11 is 3.62. The first-order chi connectivity index (χ1) is 10.1. The number of hydrogen-bond donors (Lipinski definition) is 1. The molecule has 21 heavy (non-hydrogen) atoms. The van der Waals surface area contributed by atoms with E-state index in [-0.39, 0.29) is 6.04 Å². The molecule has 0 saturated carbocycles. The van der Waals surface area contributed by atoms with E-state index in [0.29, 0.717) is 24.1 Å². The van der Waals surface area contributed by atoms with E-state index in [1.807, 2.05) is 12.1 Å². The molecule has 1 aliphatic rings. The normalized spacial score (nSPS) is 19.8. The Bertz CT molecular complexity index is 478. The lowest BCUT2D eigenvalue weighted by Gasteiger charge is -2.32. The molecule has 2 N–H and O–H groups in total. The Kier molecular flexibility index (Phi) is 5.87. The summed E-state index contributed by atoms with van der Waals surface area (Å²) in [4.78, 5) is 2.29. The van der Waals surface area contributed by atoms with Crippen molar-refractivity contribution >= 4 is 15.9 Å². The summed E-state index contributed by atoms with van der Waals surface area (Å²) in [6, 6.07) is 4.42. The highest BCUT2D eigenvalue weighted by molar-refractivity contribution is 9.10. The molecule has 0 radical (unpaired) electrons. The van der Waals surface area contributed by atoms with E-state index in [2.05, 4.69) is 27.9 Å². The molecule has 1 fully saturated rings. The summed E-state index contributed by atoms with van der Waals surface area (Å²) in [6.45, 7) is 2.11. The molecule has 2 atom stereocenters. The van der Waals surface area contributed by atoms with Crippen molar-refractivity contribution in [2.75, 3.05) is 41.0 Å². The monoisotopic (exact) mass is 358 g/mol. The van der Waals surface area contributed by atoms with Crippen LogP contribution >= 0.6 is 15.9 Å². The minimum atomic E-state index is 0.103. The Hall–Kier alpha value is -0.820. The number of nitrogens with zero attached hydrogens (tertiary/aromatic N) is 1. The highest BCUT2D eigenvalue weighted by Crippen LogP contribution is 2.38. The lowest BCUT2D eigenvalue weighted by atomic mass is 10.0. The van der Waals surface area contributed by atoms with Gasteiger partial charge in [-0.25, -0.2) is 0 Å². The van der Waals surface area contributed by atoms with Crippen molar-refractivity contribution in [3.05, 3.63) is 22.2 Å². The van der Waals surface area contributed by atoms with Crippen molar-refractivity contribution in [3.63, 3.8) is 0 Å². The molecular formula is C15H23BrN2O3. The van der Waals surface area contributed by atoms with Crippen LogP contribution in [-0.2, 0) is 4.74 Å². The van der Waals surface area contributed by atoms with Crippen LogP contribution in [0.25, 0.3) is 0 Å². The van der Waals surface area contributed by atoms with Gasteiger partial charge in [-0.3, -0.25) is 4.90 Å². The summed E-state index contributed by atoms with van der Waals surface area (Å²) in [7, 11) is 5.37. The van der Waals surface area contributed by atoms with Crippen LogP contribution in [0.15, 0.2) is 16.6 Å². The van der Waals surface area contributed by atoms with Gasteiger partial charge in [0.25, 0.3) is 0 Å². The SMILES string of the molecule is COc1cc(Br)c(C(CN)N(C)C2CCOC2)cc1OC. The number of ether oxygens (including phenoxy) is 3. The van der Waals surface area contributed by atoms with Crippen molar-refractivity contribution in [3.8, 4) is 11.5 Å². The predicted molar refractivity (Wildman–Crippen MR) is 86.0 cm³/mol. The third-order valence-electron chi connectivity index (χ3n) is 4.06. The van der Waals surface area contributed by atoms with Crippen molar-refractivity contribution in [1.82, 2.24) is 4.90 Å². The van der Waals surface area contributed by atoms with Crippen molar-refractivity contribution in [1.29, 1.82) is 0 Å². The van der Waals surface area contributed by atoms with Crippen LogP contribution in [0.1, 0.15) is 18.0 Å². The number of rotatable bonds is 6. The molecule has 1 aromatic rings. The maximum absolute atomic E-state index is 6.03. The van der Waals surface area contributed by atoms with Crippen molar-refractivity contribution in [2.24, 2.45) is 5.73 Å². The number of benzene rings is 1. The molecule has 6 heteroatoms. The van der Waals surface area contributed by atoms with Crippen LogP contribution < -0.4 is 15.2 Å². The van der Waals surface area contributed by atoms with Gasteiger partial charge in [0.2, 0.25) is 0 Å². The highest BCUT2D eigenvalue weighted by atomic mass is 79.9. The van der Waals surface area contributed by atoms with E-state index >= 15 is 0 Å². The molecule has 5 nitrogen and oxygen atoms in total. The van der Waals surface area contributed by atoms with Gasteiger partial charge in [0.1, 0.15) is 0 Å². The summed E-state index contributed by atoms with van der Waals surface area (Å²) in [6.07, 6.45) is 1.04. The van der Waals surface area contributed by atoms with Gasteiger partial charge in [-0.1, -0.05) is 15.9 Å². The van der Waals surface area contributed by atoms with Gasteiger partial charge in [-0.2, -0.15) is 0 Å². The van der Waals surface area contributed by atoms with Crippen LogP contribution in [0.5, 0.6) is 11.5 Å². The molecule has 2 unspecified atom stereocenters. The molecule has 0 aliphatic carbocycles. The molecule has 1 aliphatic heterocycles. The Morgan fingerprint density at radius 1 is 1.38 bits per heavy atom. The van der Waals surface area contributed by atoms with E-state index in [1.165, 1.54) is 0 Å². The molecule has 2 rings (SSSR count). The second-order valence-electron chi connectivity index (χ2n) is 5.16. The van der Waals surface area contributed by atoms with Gasteiger partial charge in [-0.05, 0) is 31.2 Å². The molecular weight excluding hydrogens is 336 g/mol. The zero-order valence-corrected chi connectivity index (χ0v) is 14.4. The largest absolute Gasteiger partial charge is 0.493 e. The fraction of sp³-hybridized carbons (Fsp3) is 0.600. The summed E-state index contributed by atoms with van der Waals surface area (Å²) < 4.78 is 17.2. The topological polar surface area (TPSA) is 57.0 Å². The van der Waals surface area contributed by atoms with Crippen LogP contribution in [-0.4, -0.2) is 52.0 Å². The Morgan fingerprint density at radius 3 is 2.57 bits per heavy atom. The number of methoxy groups -OCH3 is 2. The molecule has 0 aromatic heterocycles. The molecule has 1 heterocycles. The average molecular weight is 359 g/mol. The quantitative estimate of drug-likeness (QED) is 0.844. The number of nitrogens with two attached hydrogens (primary N) is 1. The van der Waals surface area contributed by atoms with E-state index in [9.17, 15) is 0 Å². The fourth-order valence-electron chi connectivity index (χ4n) is 2.74. The molecule has 118 valence electrons. The van der Waals surface area contributed by atoms with Crippen LogP contribution in [0.4, 0.5) is 0 Å². The number of likely N-dealkylation sites (N-methyl/N-ethyl adjacent to an activating group) is 1. The first-order valence-corrected chi connectivity index (χ1v) is 7.82. The molecule has 0 amide bonds. The second kappa shape index (κ2) is 7.45. The summed E-state index contributed by atoms with van der Waals surface area (Å²) in [5, 5.41) is 0. The molecule has 0 spiro atoms. The van der Waals surface area contributed by atoms with Crippen molar-refractivity contribution in [2.45, 2.75) is 18.5 Å². The zero-order valence-electron chi connectivity index (χ0n) is 12.8. The van der Waals surface area contributed by atoms with Gasteiger partial charge < -0.3 is 19.9 Å². The van der Waals surface area contributed by atoms with Gasteiger partial charge in [0.05, 0.1) is 20.8 Å². The third kappa shape index (κ3) is 3.51. The lowest BCUT2D eigenvalue weighted by molar-refractivity contribution is 0.134. The fourth-order valence-corrected chi connectivity index (χ4v) is 3.32. The highest BCUT2D eigenvalue weighted by Gasteiger charge is 2.28. The van der Waals surface area contributed by atoms with E-state index in [1.54, 1.807) is 14.2 Å². The summed E-state index contributed by atoms with van der Waals surface area (Å²) in [5.74, 6) is 1.42. The van der Waals surface area contributed by atoms with Crippen molar-refractivity contribution < 1.29 is 14.2 Å². The Labute approximate surface area is 134 Å². The lowest BCUT2D eigenvalue weighted by Crippen LogP contribution is -2.39. The Balaban J connectivity index is 2.32. The maximum Gasteiger partial charge on any atom is 0.161 e. The van der Waals surface area contributed by atoms with Gasteiger partial charge in [0, 0.05) is 29.7 Å². The number of hydrogen-bond acceptors (Lipinski definition) is 5. The van der Waals surface area contributed by atoms with Crippen LogP contribution in [0.2, 0.25) is 0 Å². The minimum absolute atomic E-state index is 0.103. The van der Waals surface area contributed by atoms with Crippen LogP contribution in [0.3, 0.4) is 0 Å². The zero-order chi connectivity index (χ0) is 15.4. The standard InChI is InChI=1S/C15H23BrN2O3/c1-18(10-4-5-21-9-10)13(8-17)11-6-14(19-2)15(20-3)7-12(11)16/h6-7,10,13H,4-5,8-9,17H2,1-3H3. The maximum atomic E-state index is 6.03. The smallest absolute Gasteiger partial charge is 0.161 e. The minimum Gasteiger partial charge on any atom is -0.493 e. The van der Waals surface area contributed by atoms with Gasteiger partial charge in [-0.15, -0.1) is 0 Å². The molecule has 1 saturated heterocycles. The average Bonchev–Trinajstić information content (AvgIpc) is 3.03. The third-order valence-corrected chi connectivity index (χ3v) is 4.75. The van der Waals surface area contributed by atoms with Gasteiger partial charge in [0.15, 0.2) is 11.5 Å². The predicted octanol–water partition coefficient (Wildman–Crippen LogP) is 2.19. The van der Waals surface area contributed by atoms with E-state index in [4.69, 9.17) is 19.9 Å².